The number of hydrogen-bond donors (Lipinski definition) is 0. The van der Waals surface area contributed by atoms with Crippen LogP contribution in [0.15, 0.2) is 91.0 Å². The van der Waals surface area contributed by atoms with Crippen molar-refractivity contribution in [2.45, 2.75) is 102 Å². The van der Waals surface area contributed by atoms with Gasteiger partial charge in [-0.2, -0.15) is 0 Å². The molecular formula is C57H57B2N. The number of aryl methyl sites for hydroxylation is 2. The second-order valence-corrected chi connectivity index (χ2v) is 19.3. The predicted octanol–water partition coefficient (Wildman–Crippen LogP) is 10.5. The van der Waals surface area contributed by atoms with Gasteiger partial charge in [-0.15, -0.1) is 0 Å². The van der Waals surface area contributed by atoms with E-state index in [9.17, 15) is 0 Å². The molecule has 0 atom stereocenters. The van der Waals surface area contributed by atoms with Gasteiger partial charge in [0.25, 0.3) is 0 Å². The number of anilines is 3. The summed E-state index contributed by atoms with van der Waals surface area (Å²) in [7, 11) is 0. The molecule has 2 aliphatic heterocycles. The highest BCUT2D eigenvalue weighted by Gasteiger charge is 2.46. The third-order valence-electron chi connectivity index (χ3n) is 16.1. The molecule has 296 valence electrons. The summed E-state index contributed by atoms with van der Waals surface area (Å²) in [5, 5.41) is 0. The third kappa shape index (κ3) is 5.14. The second kappa shape index (κ2) is 13.2. The maximum atomic E-state index is 2.66. The lowest BCUT2D eigenvalue weighted by molar-refractivity contribution is 0.660. The Hall–Kier alpha value is -5.53. The molecule has 0 bridgehead atoms. The molecule has 0 radical (unpaired) electrons. The predicted molar refractivity (Wildman–Crippen MR) is 263 cm³/mol. The Morgan fingerprint density at radius 1 is 0.383 bits per heavy atom. The van der Waals surface area contributed by atoms with Gasteiger partial charge < -0.3 is 4.90 Å². The van der Waals surface area contributed by atoms with Crippen molar-refractivity contribution >= 4 is 63.3 Å². The Kier molecular flexibility index (Phi) is 8.53. The van der Waals surface area contributed by atoms with Crippen molar-refractivity contribution in [3.05, 3.63) is 169 Å². The minimum Gasteiger partial charge on any atom is -0.313 e. The van der Waals surface area contributed by atoms with Crippen LogP contribution >= 0.6 is 0 Å². The molecule has 2 heterocycles. The van der Waals surface area contributed by atoms with Crippen molar-refractivity contribution in [3.63, 3.8) is 0 Å². The first kappa shape index (κ1) is 38.7. The van der Waals surface area contributed by atoms with Crippen LogP contribution in [0.2, 0.25) is 0 Å². The standard InChI is InChI=1S/C57H57B2N/c1-30-19-23-52-48(25-30)58(54-38(9)34(5)32(3)35(6)39(54)10)50-28-43(42-21-22-47-45(27-42)44-17-15-16-18-46(44)57(47,13)14)29-51-56(50)60(52)53-24-20-31(2)26-49(53)59(51)55-40(11)36(7)33(4)37(8)41(55)12/h15-29H,1-14H3. The molecule has 1 nitrogen and oxygen atoms in total. The fourth-order valence-corrected chi connectivity index (χ4v) is 11.9. The Bertz CT molecular complexity index is 2840. The molecule has 3 aliphatic rings. The van der Waals surface area contributed by atoms with E-state index in [2.05, 4.69) is 193 Å². The van der Waals surface area contributed by atoms with E-state index >= 15 is 0 Å². The van der Waals surface area contributed by atoms with Crippen LogP contribution in [-0.2, 0) is 5.41 Å². The van der Waals surface area contributed by atoms with E-state index in [0.717, 1.165) is 0 Å². The molecular weight excluding hydrogens is 720 g/mol. The van der Waals surface area contributed by atoms with Crippen LogP contribution < -0.4 is 37.7 Å². The van der Waals surface area contributed by atoms with Gasteiger partial charge in [0, 0.05) is 22.5 Å². The average Bonchev–Trinajstić information content (AvgIpc) is 3.47. The van der Waals surface area contributed by atoms with E-state index in [1.165, 1.54) is 150 Å². The molecule has 7 aromatic carbocycles. The van der Waals surface area contributed by atoms with Crippen molar-refractivity contribution in [2.75, 3.05) is 4.90 Å². The van der Waals surface area contributed by atoms with Crippen LogP contribution in [0.3, 0.4) is 0 Å². The lowest BCUT2D eigenvalue weighted by Gasteiger charge is -2.45. The van der Waals surface area contributed by atoms with Gasteiger partial charge in [-0.3, -0.25) is 0 Å². The molecule has 0 saturated carbocycles. The summed E-state index contributed by atoms with van der Waals surface area (Å²) < 4.78 is 0. The van der Waals surface area contributed by atoms with E-state index < -0.39 is 0 Å². The number of nitrogens with zero attached hydrogens (tertiary/aromatic N) is 1. The van der Waals surface area contributed by atoms with Crippen LogP contribution in [0.4, 0.5) is 17.1 Å². The molecule has 1 aliphatic carbocycles. The summed E-state index contributed by atoms with van der Waals surface area (Å²) in [4.78, 5) is 2.66. The third-order valence-corrected chi connectivity index (χ3v) is 16.1. The number of hydrogen-bond acceptors (Lipinski definition) is 1. The zero-order valence-electron chi connectivity index (χ0n) is 38.3. The number of fused-ring (bicyclic) bond motifs is 7. The van der Waals surface area contributed by atoms with Crippen LogP contribution in [0.25, 0.3) is 22.3 Å². The Balaban J connectivity index is 1.37. The lowest BCUT2D eigenvalue weighted by atomic mass is 9.29. The molecule has 0 unspecified atom stereocenters. The molecule has 3 heteroatoms. The summed E-state index contributed by atoms with van der Waals surface area (Å²) in [6.45, 7) is 32.9. The number of benzene rings is 7. The van der Waals surface area contributed by atoms with Crippen LogP contribution in [0.1, 0.15) is 91.7 Å². The first-order valence-electron chi connectivity index (χ1n) is 22.1. The quantitative estimate of drug-likeness (QED) is 0.162. The monoisotopic (exact) mass is 777 g/mol. The van der Waals surface area contributed by atoms with Gasteiger partial charge in [-0.1, -0.05) is 131 Å². The van der Waals surface area contributed by atoms with Crippen LogP contribution in [-0.4, -0.2) is 13.4 Å². The van der Waals surface area contributed by atoms with Crippen LogP contribution in [0.5, 0.6) is 0 Å². The normalized spacial score (nSPS) is 14.2. The molecule has 0 N–H and O–H groups in total. The van der Waals surface area contributed by atoms with E-state index in [1.807, 2.05) is 0 Å². The maximum absolute atomic E-state index is 2.66. The number of rotatable bonds is 3. The lowest BCUT2D eigenvalue weighted by Crippen LogP contribution is -2.66. The summed E-state index contributed by atoms with van der Waals surface area (Å²) in [5.74, 6) is 0. The minimum absolute atomic E-state index is 0.0431. The summed E-state index contributed by atoms with van der Waals surface area (Å²) in [5.41, 5.74) is 37.3. The van der Waals surface area contributed by atoms with E-state index in [1.54, 1.807) is 0 Å². The molecule has 0 spiro atoms. The van der Waals surface area contributed by atoms with Crippen molar-refractivity contribution in [1.82, 2.24) is 0 Å². The molecule has 0 amide bonds. The molecule has 60 heavy (non-hydrogen) atoms. The topological polar surface area (TPSA) is 3.24 Å². The van der Waals surface area contributed by atoms with Gasteiger partial charge in [-0.05, 0) is 190 Å². The first-order valence-corrected chi connectivity index (χ1v) is 22.1. The van der Waals surface area contributed by atoms with Gasteiger partial charge in [0.1, 0.15) is 0 Å². The minimum atomic E-state index is -0.0431. The largest absolute Gasteiger partial charge is 0.313 e. The first-order chi connectivity index (χ1) is 28.5. The smallest absolute Gasteiger partial charge is 0.247 e. The fourth-order valence-electron chi connectivity index (χ4n) is 11.9. The van der Waals surface area contributed by atoms with Crippen molar-refractivity contribution in [2.24, 2.45) is 0 Å². The maximum Gasteiger partial charge on any atom is 0.247 e. The van der Waals surface area contributed by atoms with Crippen molar-refractivity contribution < 1.29 is 0 Å². The Morgan fingerprint density at radius 3 is 1.30 bits per heavy atom. The van der Waals surface area contributed by atoms with Gasteiger partial charge in [0.2, 0.25) is 13.4 Å². The summed E-state index contributed by atoms with van der Waals surface area (Å²) >= 11 is 0. The van der Waals surface area contributed by atoms with Crippen molar-refractivity contribution in [1.29, 1.82) is 0 Å². The fraction of sp³-hybridized carbons (Fsp3) is 0.263. The SMILES string of the molecule is Cc1ccc2c(c1)B(c1c(C)c(C)c(C)c(C)c1C)c1cc(-c3ccc4c(c3)-c3ccccc3C4(C)C)cc3c1N2c1ccc(C)cc1B3c1c(C)c(C)c(C)c(C)c1C. The van der Waals surface area contributed by atoms with Gasteiger partial charge in [0.05, 0.1) is 0 Å². The molecule has 0 saturated heterocycles. The highest BCUT2D eigenvalue weighted by Crippen LogP contribution is 2.50. The molecule has 10 rings (SSSR count). The molecule has 7 aromatic rings. The molecule has 0 aromatic heterocycles. The van der Waals surface area contributed by atoms with Crippen LogP contribution in [0, 0.1) is 83.1 Å². The van der Waals surface area contributed by atoms with E-state index in [4.69, 9.17) is 0 Å². The average molecular weight is 778 g/mol. The molecule has 0 fully saturated rings. The van der Waals surface area contributed by atoms with E-state index in [-0.39, 0.29) is 18.8 Å². The van der Waals surface area contributed by atoms with Gasteiger partial charge in [0.15, 0.2) is 0 Å². The zero-order valence-corrected chi connectivity index (χ0v) is 38.3. The van der Waals surface area contributed by atoms with E-state index in [0.29, 0.717) is 0 Å². The summed E-state index contributed by atoms with van der Waals surface area (Å²) in [6.07, 6.45) is 0. The van der Waals surface area contributed by atoms with Gasteiger partial charge >= 0.3 is 0 Å². The Morgan fingerprint density at radius 2 is 0.817 bits per heavy atom. The highest BCUT2D eigenvalue weighted by atomic mass is 15.2. The van der Waals surface area contributed by atoms with Gasteiger partial charge in [-0.25, -0.2) is 0 Å². The second-order valence-electron chi connectivity index (χ2n) is 19.3. The Labute approximate surface area is 360 Å². The van der Waals surface area contributed by atoms with Crippen molar-refractivity contribution in [3.8, 4) is 22.3 Å². The summed E-state index contributed by atoms with van der Waals surface area (Å²) in [6, 6.07) is 36.1. The highest BCUT2D eigenvalue weighted by molar-refractivity contribution is 7.02. The zero-order chi connectivity index (χ0) is 42.4.